The topological polar surface area (TPSA) is 51.0 Å². The Morgan fingerprint density at radius 1 is 1.38 bits per heavy atom. The van der Waals surface area contributed by atoms with E-state index in [-0.39, 0.29) is 11.7 Å². The minimum atomic E-state index is -0.284. The molecule has 5 heteroatoms. The lowest BCUT2D eigenvalue weighted by Crippen LogP contribution is -2.31. The summed E-state index contributed by atoms with van der Waals surface area (Å²) in [4.78, 5) is 4.51. The first-order valence-corrected chi connectivity index (χ1v) is 7.52. The standard InChI is InChI=1S/C16H20FN3O/c1-3-18-14-6-4-5-12(14)16-19-15(20-21-16)13-9-11(17)8-7-10(13)2/h7-9,12,14,18H,3-6H2,1-2H3. The third kappa shape index (κ3) is 2.83. The second-order valence-electron chi connectivity index (χ2n) is 5.62. The SMILES string of the molecule is CCNC1CCCC1c1nc(-c2cc(F)ccc2C)no1. The monoisotopic (exact) mass is 289 g/mol. The number of hydrogen-bond acceptors (Lipinski definition) is 4. The third-order valence-electron chi connectivity index (χ3n) is 4.18. The Kier molecular flexibility index (Phi) is 4.01. The van der Waals surface area contributed by atoms with Gasteiger partial charge in [-0.1, -0.05) is 24.6 Å². The fourth-order valence-electron chi connectivity index (χ4n) is 3.09. The number of rotatable bonds is 4. The van der Waals surface area contributed by atoms with Gasteiger partial charge < -0.3 is 9.84 Å². The zero-order valence-corrected chi connectivity index (χ0v) is 12.4. The molecule has 2 aromatic rings. The van der Waals surface area contributed by atoms with Gasteiger partial charge in [0.05, 0.1) is 5.92 Å². The van der Waals surface area contributed by atoms with E-state index in [0.717, 1.165) is 24.9 Å². The number of hydrogen-bond donors (Lipinski definition) is 1. The van der Waals surface area contributed by atoms with Gasteiger partial charge in [0.25, 0.3) is 0 Å². The maximum atomic E-state index is 13.4. The molecule has 2 unspecified atom stereocenters. The lowest BCUT2D eigenvalue weighted by molar-refractivity contribution is 0.332. The summed E-state index contributed by atoms with van der Waals surface area (Å²) < 4.78 is 18.9. The summed E-state index contributed by atoms with van der Waals surface area (Å²) in [6.45, 7) is 4.96. The van der Waals surface area contributed by atoms with E-state index in [0.29, 0.717) is 23.3 Å². The van der Waals surface area contributed by atoms with Crippen molar-refractivity contribution in [1.82, 2.24) is 15.5 Å². The summed E-state index contributed by atoms with van der Waals surface area (Å²) in [5.74, 6) is 1.12. The van der Waals surface area contributed by atoms with Crippen LogP contribution in [0.3, 0.4) is 0 Å². The summed E-state index contributed by atoms with van der Waals surface area (Å²) >= 11 is 0. The molecule has 1 heterocycles. The van der Waals surface area contributed by atoms with Gasteiger partial charge in [-0.05, 0) is 44.0 Å². The molecule has 0 spiro atoms. The first-order chi connectivity index (χ1) is 10.2. The van der Waals surface area contributed by atoms with Crippen LogP contribution >= 0.6 is 0 Å². The van der Waals surface area contributed by atoms with Crippen LogP contribution in [0.15, 0.2) is 22.7 Å². The van der Waals surface area contributed by atoms with Crippen molar-refractivity contribution in [3.63, 3.8) is 0 Å². The average molecular weight is 289 g/mol. The maximum Gasteiger partial charge on any atom is 0.231 e. The number of likely N-dealkylation sites (N-methyl/N-ethyl adjacent to an activating group) is 1. The van der Waals surface area contributed by atoms with Crippen molar-refractivity contribution in [2.45, 2.75) is 45.1 Å². The van der Waals surface area contributed by atoms with Gasteiger partial charge >= 0.3 is 0 Å². The zero-order chi connectivity index (χ0) is 14.8. The molecule has 1 aliphatic rings. The molecule has 0 aliphatic heterocycles. The van der Waals surface area contributed by atoms with E-state index < -0.39 is 0 Å². The van der Waals surface area contributed by atoms with Crippen LogP contribution in [-0.2, 0) is 0 Å². The molecule has 1 aromatic carbocycles. The van der Waals surface area contributed by atoms with E-state index in [1.807, 2.05) is 6.92 Å². The van der Waals surface area contributed by atoms with Gasteiger partial charge in [-0.15, -0.1) is 0 Å². The van der Waals surface area contributed by atoms with Crippen LogP contribution in [0.25, 0.3) is 11.4 Å². The van der Waals surface area contributed by atoms with Crippen LogP contribution in [0.4, 0.5) is 4.39 Å². The Hall–Kier alpha value is -1.75. The molecule has 0 saturated heterocycles. The molecule has 1 saturated carbocycles. The Balaban J connectivity index is 1.88. The lowest BCUT2D eigenvalue weighted by atomic mass is 10.0. The fraction of sp³-hybridized carbons (Fsp3) is 0.500. The summed E-state index contributed by atoms with van der Waals surface area (Å²) in [5, 5.41) is 7.52. The summed E-state index contributed by atoms with van der Waals surface area (Å²) in [7, 11) is 0. The highest BCUT2D eigenvalue weighted by Gasteiger charge is 2.32. The number of nitrogens with one attached hydrogen (secondary N) is 1. The van der Waals surface area contributed by atoms with E-state index in [1.54, 1.807) is 6.07 Å². The van der Waals surface area contributed by atoms with Crippen LogP contribution in [0.1, 0.15) is 43.6 Å². The van der Waals surface area contributed by atoms with Crippen molar-refractivity contribution in [1.29, 1.82) is 0 Å². The predicted octanol–water partition coefficient (Wildman–Crippen LogP) is 3.43. The first kappa shape index (κ1) is 14.2. The minimum Gasteiger partial charge on any atom is -0.339 e. The molecule has 0 bridgehead atoms. The van der Waals surface area contributed by atoms with Crippen LogP contribution in [-0.4, -0.2) is 22.7 Å². The van der Waals surface area contributed by atoms with Gasteiger partial charge in [-0.25, -0.2) is 4.39 Å². The van der Waals surface area contributed by atoms with Gasteiger partial charge in [-0.2, -0.15) is 4.98 Å². The maximum absolute atomic E-state index is 13.4. The van der Waals surface area contributed by atoms with Crippen LogP contribution in [0.2, 0.25) is 0 Å². The Morgan fingerprint density at radius 2 is 2.24 bits per heavy atom. The molecule has 1 aromatic heterocycles. The molecule has 4 nitrogen and oxygen atoms in total. The molecule has 0 amide bonds. The summed E-state index contributed by atoms with van der Waals surface area (Å²) in [6, 6.07) is 5.03. The van der Waals surface area contributed by atoms with E-state index in [4.69, 9.17) is 4.52 Å². The van der Waals surface area contributed by atoms with Gasteiger partial charge in [0.15, 0.2) is 0 Å². The van der Waals surface area contributed by atoms with E-state index in [1.165, 1.54) is 18.6 Å². The predicted molar refractivity (Wildman–Crippen MR) is 78.5 cm³/mol. The Bertz CT molecular complexity index is 626. The number of aryl methyl sites for hydroxylation is 1. The largest absolute Gasteiger partial charge is 0.339 e. The highest BCUT2D eigenvalue weighted by atomic mass is 19.1. The van der Waals surface area contributed by atoms with Crippen LogP contribution < -0.4 is 5.32 Å². The van der Waals surface area contributed by atoms with Crippen molar-refractivity contribution in [3.05, 3.63) is 35.5 Å². The molecule has 21 heavy (non-hydrogen) atoms. The van der Waals surface area contributed by atoms with Gasteiger partial charge in [0.1, 0.15) is 5.82 Å². The number of nitrogens with zero attached hydrogens (tertiary/aromatic N) is 2. The molecule has 0 radical (unpaired) electrons. The van der Waals surface area contributed by atoms with Crippen molar-refractivity contribution in [3.8, 4) is 11.4 Å². The molecule has 112 valence electrons. The Labute approximate surface area is 123 Å². The van der Waals surface area contributed by atoms with Gasteiger partial charge in [0.2, 0.25) is 11.7 Å². The van der Waals surface area contributed by atoms with Crippen molar-refractivity contribution in [2.75, 3.05) is 6.54 Å². The number of aromatic nitrogens is 2. The molecule has 1 fully saturated rings. The van der Waals surface area contributed by atoms with Crippen molar-refractivity contribution in [2.24, 2.45) is 0 Å². The molecule has 1 N–H and O–H groups in total. The van der Waals surface area contributed by atoms with Gasteiger partial charge in [-0.3, -0.25) is 0 Å². The molecular weight excluding hydrogens is 269 g/mol. The Morgan fingerprint density at radius 3 is 3.05 bits per heavy atom. The minimum absolute atomic E-state index is 0.264. The van der Waals surface area contributed by atoms with Crippen LogP contribution in [0, 0.1) is 12.7 Å². The molecule has 3 rings (SSSR count). The summed E-state index contributed by atoms with van der Waals surface area (Å²) in [6.07, 6.45) is 3.36. The van der Waals surface area contributed by atoms with Gasteiger partial charge in [0, 0.05) is 11.6 Å². The van der Waals surface area contributed by atoms with Crippen LogP contribution in [0.5, 0.6) is 0 Å². The van der Waals surface area contributed by atoms with E-state index >= 15 is 0 Å². The second-order valence-corrected chi connectivity index (χ2v) is 5.62. The highest BCUT2D eigenvalue weighted by molar-refractivity contribution is 5.59. The molecular formula is C16H20FN3O. The van der Waals surface area contributed by atoms with E-state index in [9.17, 15) is 4.39 Å². The fourth-order valence-corrected chi connectivity index (χ4v) is 3.09. The third-order valence-corrected chi connectivity index (χ3v) is 4.18. The van der Waals surface area contributed by atoms with E-state index in [2.05, 4.69) is 22.4 Å². The average Bonchev–Trinajstić information content (AvgIpc) is 3.10. The quantitative estimate of drug-likeness (QED) is 0.937. The van der Waals surface area contributed by atoms with Crippen molar-refractivity contribution >= 4 is 0 Å². The number of halogens is 1. The second kappa shape index (κ2) is 5.93. The highest BCUT2D eigenvalue weighted by Crippen LogP contribution is 2.34. The summed E-state index contributed by atoms with van der Waals surface area (Å²) in [5.41, 5.74) is 1.64. The zero-order valence-electron chi connectivity index (χ0n) is 12.4. The lowest BCUT2D eigenvalue weighted by Gasteiger charge is -2.16. The first-order valence-electron chi connectivity index (χ1n) is 7.52. The molecule has 1 aliphatic carbocycles. The number of benzene rings is 1. The molecule has 2 atom stereocenters. The normalized spacial score (nSPS) is 21.9. The van der Waals surface area contributed by atoms with Crippen molar-refractivity contribution < 1.29 is 8.91 Å². The smallest absolute Gasteiger partial charge is 0.231 e.